The number of hydrogen-bond acceptors (Lipinski definition) is 6. The monoisotopic (exact) mass is 413 g/mol. The Balaban J connectivity index is 1.43. The first-order chi connectivity index (χ1) is 14.1. The second kappa shape index (κ2) is 8.28. The van der Waals surface area contributed by atoms with Crippen molar-refractivity contribution in [1.29, 1.82) is 0 Å². The third kappa shape index (κ3) is 3.87. The van der Waals surface area contributed by atoms with Gasteiger partial charge in [0.15, 0.2) is 10.8 Å². The predicted molar refractivity (Wildman–Crippen MR) is 111 cm³/mol. The van der Waals surface area contributed by atoms with E-state index in [1.807, 2.05) is 28.7 Å². The summed E-state index contributed by atoms with van der Waals surface area (Å²) >= 11 is 1.39. The number of hydrogen-bond donors (Lipinski definition) is 0. The molecule has 1 aliphatic heterocycles. The first-order valence-electron chi connectivity index (χ1n) is 9.64. The van der Waals surface area contributed by atoms with Crippen molar-refractivity contribution in [3.8, 4) is 0 Å². The van der Waals surface area contributed by atoms with Crippen LogP contribution in [0, 0.1) is 6.92 Å². The minimum Gasteiger partial charge on any atom is -0.450 e. The number of carbonyl (C=O) groups is 2. The fourth-order valence-electron chi connectivity index (χ4n) is 3.54. The molecule has 0 atom stereocenters. The van der Waals surface area contributed by atoms with Gasteiger partial charge in [0.05, 0.1) is 17.9 Å². The zero-order valence-corrected chi connectivity index (χ0v) is 17.3. The summed E-state index contributed by atoms with van der Waals surface area (Å²) in [5.74, 6) is 0.314. The molecule has 9 heteroatoms. The molecule has 0 unspecified atom stereocenters. The summed E-state index contributed by atoms with van der Waals surface area (Å²) in [7, 11) is 0. The smallest absolute Gasteiger partial charge is 0.409 e. The Morgan fingerprint density at radius 1 is 1.10 bits per heavy atom. The molecular formula is C20H23N5O3S. The number of thioether (sulfide) groups is 1. The quantitative estimate of drug-likeness (QED) is 0.612. The highest BCUT2D eigenvalue weighted by atomic mass is 32.2. The Kier molecular flexibility index (Phi) is 5.57. The van der Waals surface area contributed by atoms with Crippen molar-refractivity contribution >= 4 is 40.3 Å². The Morgan fingerprint density at radius 2 is 1.83 bits per heavy atom. The highest BCUT2D eigenvalue weighted by Crippen LogP contribution is 2.26. The third-order valence-electron chi connectivity index (χ3n) is 5.06. The van der Waals surface area contributed by atoms with Gasteiger partial charge in [-0.15, -0.1) is 10.2 Å². The van der Waals surface area contributed by atoms with E-state index in [9.17, 15) is 9.59 Å². The number of aryl methyl sites for hydroxylation is 1. The first kappa shape index (κ1) is 19.5. The third-order valence-corrected chi connectivity index (χ3v) is 5.97. The van der Waals surface area contributed by atoms with Crippen LogP contribution in [-0.2, 0) is 9.53 Å². The Hall–Kier alpha value is -2.81. The number of fused-ring (bicyclic) bond motifs is 3. The van der Waals surface area contributed by atoms with Crippen LogP contribution in [0.15, 0.2) is 35.5 Å². The van der Waals surface area contributed by atoms with Gasteiger partial charge in [0.2, 0.25) is 5.91 Å². The maximum atomic E-state index is 12.7. The molecule has 2 amide bonds. The van der Waals surface area contributed by atoms with Crippen LogP contribution in [0.1, 0.15) is 12.5 Å². The Morgan fingerprint density at radius 3 is 2.59 bits per heavy atom. The number of carbonyl (C=O) groups excluding carboxylic acids is 2. The molecule has 0 N–H and O–H groups in total. The van der Waals surface area contributed by atoms with Gasteiger partial charge in [-0.2, -0.15) is 0 Å². The number of amides is 2. The van der Waals surface area contributed by atoms with Crippen molar-refractivity contribution in [3.63, 3.8) is 0 Å². The van der Waals surface area contributed by atoms with Crippen LogP contribution in [0.5, 0.6) is 0 Å². The van der Waals surface area contributed by atoms with E-state index in [0.29, 0.717) is 37.9 Å². The molecule has 1 fully saturated rings. The largest absolute Gasteiger partial charge is 0.450 e. The van der Waals surface area contributed by atoms with Crippen LogP contribution in [0.3, 0.4) is 0 Å². The number of benzene rings is 1. The molecule has 0 saturated carbocycles. The normalized spacial score (nSPS) is 14.6. The topological polar surface area (TPSA) is 80.0 Å². The van der Waals surface area contributed by atoms with Crippen LogP contribution >= 0.6 is 11.8 Å². The highest BCUT2D eigenvalue weighted by Gasteiger charge is 2.25. The Labute approximate surface area is 172 Å². The van der Waals surface area contributed by atoms with Crippen molar-refractivity contribution < 1.29 is 14.3 Å². The van der Waals surface area contributed by atoms with E-state index >= 15 is 0 Å². The van der Waals surface area contributed by atoms with Crippen LogP contribution in [0.25, 0.3) is 16.6 Å². The lowest BCUT2D eigenvalue weighted by molar-refractivity contribution is -0.129. The van der Waals surface area contributed by atoms with Gasteiger partial charge in [0.25, 0.3) is 0 Å². The van der Waals surface area contributed by atoms with Crippen LogP contribution in [-0.4, -0.2) is 74.9 Å². The summed E-state index contributed by atoms with van der Waals surface area (Å²) in [6.45, 7) is 6.22. The maximum absolute atomic E-state index is 12.7. The van der Waals surface area contributed by atoms with E-state index in [0.717, 1.165) is 22.1 Å². The van der Waals surface area contributed by atoms with Gasteiger partial charge in [-0.3, -0.25) is 9.20 Å². The fourth-order valence-corrected chi connectivity index (χ4v) is 4.39. The number of aromatic nitrogens is 3. The van der Waals surface area contributed by atoms with Gasteiger partial charge in [0, 0.05) is 31.6 Å². The summed E-state index contributed by atoms with van der Waals surface area (Å²) in [4.78, 5) is 27.9. The molecule has 4 rings (SSSR count). The van der Waals surface area contributed by atoms with Crippen LogP contribution in [0.2, 0.25) is 0 Å². The standard InChI is InChI=1S/C20H23N5O3S/c1-3-28-20(27)24-10-8-23(9-11-24)18(26)13-29-19-22-21-17-12-14(2)15-6-4-5-7-16(15)25(17)19/h4-7,12H,3,8-11,13H2,1-2H3. The summed E-state index contributed by atoms with van der Waals surface area (Å²) < 4.78 is 7.02. The van der Waals surface area contributed by atoms with Gasteiger partial charge < -0.3 is 14.5 Å². The lowest BCUT2D eigenvalue weighted by atomic mass is 10.1. The second-order valence-electron chi connectivity index (χ2n) is 6.88. The second-order valence-corrected chi connectivity index (χ2v) is 7.82. The van der Waals surface area contributed by atoms with Crippen molar-refractivity contribution in [1.82, 2.24) is 24.4 Å². The van der Waals surface area contributed by atoms with Crippen molar-refractivity contribution in [2.24, 2.45) is 0 Å². The minimum atomic E-state index is -0.314. The van der Waals surface area contributed by atoms with Crippen LogP contribution < -0.4 is 0 Å². The van der Waals surface area contributed by atoms with Gasteiger partial charge in [-0.1, -0.05) is 30.0 Å². The summed E-state index contributed by atoms with van der Waals surface area (Å²) in [5.41, 5.74) is 2.96. The summed E-state index contributed by atoms with van der Waals surface area (Å²) in [6.07, 6.45) is -0.314. The molecule has 29 heavy (non-hydrogen) atoms. The van der Waals surface area contributed by atoms with E-state index in [1.54, 1.807) is 16.7 Å². The molecule has 1 saturated heterocycles. The molecule has 152 valence electrons. The molecule has 3 aromatic rings. The summed E-state index contributed by atoms with van der Waals surface area (Å²) in [5, 5.41) is 10.4. The van der Waals surface area contributed by atoms with E-state index in [2.05, 4.69) is 23.2 Å². The first-order valence-corrected chi connectivity index (χ1v) is 10.6. The molecule has 0 radical (unpaired) electrons. The van der Waals surface area contributed by atoms with Gasteiger partial charge in [-0.05, 0) is 31.5 Å². The molecule has 0 aliphatic carbocycles. The molecule has 2 aromatic heterocycles. The SMILES string of the molecule is CCOC(=O)N1CCN(C(=O)CSc2nnc3cc(C)c4ccccc4n23)CC1. The zero-order chi connectivity index (χ0) is 20.4. The van der Waals surface area contributed by atoms with E-state index < -0.39 is 0 Å². The maximum Gasteiger partial charge on any atom is 0.409 e. The Bertz CT molecular complexity index is 1060. The lowest BCUT2D eigenvalue weighted by Crippen LogP contribution is -2.51. The molecule has 8 nitrogen and oxygen atoms in total. The van der Waals surface area contributed by atoms with Crippen molar-refractivity contribution in [3.05, 3.63) is 35.9 Å². The molecular weight excluding hydrogens is 390 g/mol. The summed E-state index contributed by atoms with van der Waals surface area (Å²) in [6, 6.07) is 10.1. The number of rotatable bonds is 4. The van der Waals surface area contributed by atoms with Gasteiger partial charge >= 0.3 is 6.09 Å². The molecule has 3 heterocycles. The number of pyridine rings is 1. The fraction of sp³-hybridized carbons (Fsp3) is 0.400. The van der Waals surface area contributed by atoms with Crippen molar-refractivity contribution in [2.45, 2.75) is 19.0 Å². The van der Waals surface area contributed by atoms with E-state index in [4.69, 9.17) is 4.74 Å². The average Bonchev–Trinajstić information content (AvgIpc) is 3.15. The van der Waals surface area contributed by atoms with E-state index in [1.165, 1.54) is 11.8 Å². The highest BCUT2D eigenvalue weighted by molar-refractivity contribution is 7.99. The average molecular weight is 414 g/mol. The molecule has 1 aliphatic rings. The van der Waals surface area contributed by atoms with Crippen molar-refractivity contribution in [2.75, 3.05) is 38.5 Å². The molecule has 0 spiro atoms. The lowest BCUT2D eigenvalue weighted by Gasteiger charge is -2.34. The number of ether oxygens (including phenoxy) is 1. The number of nitrogens with zero attached hydrogens (tertiary/aromatic N) is 5. The number of piperazine rings is 1. The number of para-hydroxylation sites is 1. The van der Waals surface area contributed by atoms with Gasteiger partial charge in [-0.25, -0.2) is 4.79 Å². The predicted octanol–water partition coefficient (Wildman–Crippen LogP) is 2.58. The van der Waals surface area contributed by atoms with Gasteiger partial charge in [0.1, 0.15) is 0 Å². The molecule has 1 aromatic carbocycles. The molecule has 0 bridgehead atoms. The van der Waals surface area contributed by atoms with Crippen LogP contribution in [0.4, 0.5) is 4.79 Å². The zero-order valence-electron chi connectivity index (χ0n) is 16.5. The van der Waals surface area contributed by atoms with E-state index in [-0.39, 0.29) is 17.8 Å². The minimum absolute atomic E-state index is 0.0340.